The van der Waals surface area contributed by atoms with Crippen LogP contribution >= 0.6 is 0 Å². The second kappa shape index (κ2) is 9.83. The van der Waals surface area contributed by atoms with Crippen LogP contribution in [0.25, 0.3) is 28.1 Å². The summed E-state index contributed by atoms with van der Waals surface area (Å²) in [5.74, 6) is -1.35. The van der Waals surface area contributed by atoms with Crippen LogP contribution in [0.15, 0.2) is 72.9 Å². The van der Waals surface area contributed by atoms with Crippen LogP contribution in [0.2, 0.25) is 0 Å². The van der Waals surface area contributed by atoms with E-state index < -0.39 is 11.6 Å². The first-order valence-electron chi connectivity index (χ1n) is 11.3. The molecule has 1 aliphatic rings. The Labute approximate surface area is 196 Å². The maximum absolute atomic E-state index is 14.8. The van der Waals surface area contributed by atoms with Gasteiger partial charge < -0.3 is 10.1 Å². The van der Waals surface area contributed by atoms with Crippen LogP contribution in [0.1, 0.15) is 18.4 Å². The smallest absolute Gasteiger partial charge is 0.132 e. The number of benzene rings is 3. The number of hydrogen-bond acceptors (Lipinski definition) is 3. The van der Waals surface area contributed by atoms with Gasteiger partial charge in [0.1, 0.15) is 17.5 Å². The van der Waals surface area contributed by atoms with E-state index in [4.69, 9.17) is 4.74 Å². The van der Waals surface area contributed by atoms with Crippen LogP contribution in [0.5, 0.6) is 0 Å². The maximum atomic E-state index is 14.8. The maximum Gasteiger partial charge on any atom is 0.132 e. The number of hydrogen-bond donors (Lipinski definition) is 1. The Kier molecular flexibility index (Phi) is 6.47. The van der Waals surface area contributed by atoms with Crippen molar-refractivity contribution in [2.45, 2.75) is 25.5 Å². The molecule has 0 radical (unpaired) electrons. The predicted octanol–water partition coefficient (Wildman–Crippen LogP) is 5.89. The van der Waals surface area contributed by atoms with Gasteiger partial charge in [-0.05, 0) is 60.9 Å². The molecule has 5 rings (SSSR count). The largest absolute Gasteiger partial charge is 0.377 e. The average molecular weight is 464 g/mol. The molecule has 3 aromatic carbocycles. The highest BCUT2D eigenvalue weighted by Gasteiger charge is 2.19. The Morgan fingerprint density at radius 3 is 2.50 bits per heavy atom. The SMILES string of the molecule is Fc1ccc(F)c(-c2ccc(-n3ncc(CNCC4CCCO4)c3-c3ccccc3F)cc2)c1. The minimum Gasteiger partial charge on any atom is -0.377 e. The first-order chi connectivity index (χ1) is 16.6. The van der Waals surface area contributed by atoms with Gasteiger partial charge in [-0.25, -0.2) is 17.9 Å². The molecule has 1 unspecified atom stereocenters. The number of nitrogens with zero attached hydrogens (tertiary/aromatic N) is 2. The third-order valence-corrected chi connectivity index (χ3v) is 6.04. The van der Waals surface area contributed by atoms with Crippen molar-refractivity contribution in [2.75, 3.05) is 13.2 Å². The molecule has 1 aromatic heterocycles. The first-order valence-corrected chi connectivity index (χ1v) is 11.3. The molecule has 1 fully saturated rings. The normalized spacial score (nSPS) is 15.7. The number of halogens is 3. The Balaban J connectivity index is 1.47. The van der Waals surface area contributed by atoms with Gasteiger partial charge in [0, 0.05) is 36.4 Å². The lowest BCUT2D eigenvalue weighted by Crippen LogP contribution is -2.25. The van der Waals surface area contributed by atoms with Crippen molar-refractivity contribution in [1.82, 2.24) is 15.1 Å². The van der Waals surface area contributed by atoms with Crippen LogP contribution < -0.4 is 5.32 Å². The summed E-state index contributed by atoms with van der Waals surface area (Å²) in [7, 11) is 0. The average Bonchev–Trinajstić information content (AvgIpc) is 3.52. The molecule has 0 saturated carbocycles. The second-order valence-electron chi connectivity index (χ2n) is 8.35. The van der Waals surface area contributed by atoms with Crippen molar-refractivity contribution < 1.29 is 17.9 Å². The Morgan fingerprint density at radius 1 is 0.941 bits per heavy atom. The van der Waals surface area contributed by atoms with E-state index in [1.54, 1.807) is 53.3 Å². The number of aromatic nitrogens is 2. The minimum absolute atomic E-state index is 0.181. The van der Waals surface area contributed by atoms with Gasteiger partial charge >= 0.3 is 0 Å². The molecule has 4 nitrogen and oxygen atoms in total. The van der Waals surface area contributed by atoms with Gasteiger partial charge in [-0.3, -0.25) is 0 Å². The number of ether oxygens (including phenoxy) is 1. The molecule has 0 spiro atoms. The standard InChI is InChI=1S/C27H24F3N3O/c28-20-9-12-26(30)24(14-20)18-7-10-21(11-8-18)33-27(23-5-1-2-6-25(23)29)19(16-32-33)15-31-17-22-4-3-13-34-22/h1-2,5-12,14,16,22,31H,3-4,13,15,17H2. The fourth-order valence-corrected chi connectivity index (χ4v) is 4.32. The summed E-state index contributed by atoms with van der Waals surface area (Å²) in [5, 5.41) is 7.94. The summed E-state index contributed by atoms with van der Waals surface area (Å²) in [4.78, 5) is 0. The third kappa shape index (κ3) is 4.62. The minimum atomic E-state index is -0.505. The summed E-state index contributed by atoms with van der Waals surface area (Å²) in [6.45, 7) is 2.02. The molecular formula is C27H24F3N3O. The molecule has 2 heterocycles. The van der Waals surface area contributed by atoms with E-state index in [0.29, 0.717) is 29.1 Å². The van der Waals surface area contributed by atoms with E-state index >= 15 is 0 Å². The number of nitrogens with one attached hydrogen (secondary N) is 1. The molecule has 0 amide bonds. The molecular weight excluding hydrogens is 439 g/mol. The van der Waals surface area contributed by atoms with Crippen LogP contribution in [-0.4, -0.2) is 29.0 Å². The van der Waals surface area contributed by atoms with Gasteiger partial charge in [-0.1, -0.05) is 24.3 Å². The molecule has 1 atom stereocenters. The zero-order valence-corrected chi connectivity index (χ0v) is 18.5. The lowest BCUT2D eigenvalue weighted by molar-refractivity contribution is 0.110. The molecule has 0 aliphatic carbocycles. The van der Waals surface area contributed by atoms with E-state index in [2.05, 4.69) is 10.4 Å². The van der Waals surface area contributed by atoms with Crippen molar-refractivity contribution in [3.05, 3.63) is 95.9 Å². The molecule has 1 saturated heterocycles. The van der Waals surface area contributed by atoms with Gasteiger partial charge in [-0.2, -0.15) is 5.10 Å². The number of rotatable bonds is 7. The Bertz CT molecular complexity index is 1280. The van der Waals surface area contributed by atoms with E-state index in [0.717, 1.165) is 43.7 Å². The van der Waals surface area contributed by atoms with Gasteiger partial charge in [0.15, 0.2) is 0 Å². The van der Waals surface area contributed by atoms with Gasteiger partial charge in [0.2, 0.25) is 0 Å². The first kappa shape index (κ1) is 22.4. The quantitative estimate of drug-likeness (QED) is 0.371. The van der Waals surface area contributed by atoms with Gasteiger partial charge in [0.05, 0.1) is 23.7 Å². The summed E-state index contributed by atoms with van der Waals surface area (Å²) < 4.78 is 50.0. The topological polar surface area (TPSA) is 39.1 Å². The highest BCUT2D eigenvalue weighted by atomic mass is 19.1. The summed E-state index contributed by atoms with van der Waals surface area (Å²) in [6.07, 6.45) is 4.03. The molecule has 34 heavy (non-hydrogen) atoms. The van der Waals surface area contributed by atoms with Gasteiger partial charge in [-0.15, -0.1) is 0 Å². The highest BCUT2D eigenvalue weighted by molar-refractivity contribution is 5.69. The van der Waals surface area contributed by atoms with Crippen molar-refractivity contribution in [2.24, 2.45) is 0 Å². The van der Waals surface area contributed by atoms with Gasteiger partial charge in [0.25, 0.3) is 0 Å². The lowest BCUT2D eigenvalue weighted by Gasteiger charge is -2.14. The van der Waals surface area contributed by atoms with Crippen molar-refractivity contribution >= 4 is 0 Å². The fourth-order valence-electron chi connectivity index (χ4n) is 4.32. The monoisotopic (exact) mass is 463 g/mol. The lowest BCUT2D eigenvalue weighted by atomic mass is 10.0. The predicted molar refractivity (Wildman–Crippen MR) is 125 cm³/mol. The Morgan fingerprint density at radius 2 is 1.74 bits per heavy atom. The molecule has 0 bridgehead atoms. The zero-order chi connectivity index (χ0) is 23.5. The van der Waals surface area contributed by atoms with Crippen LogP contribution in [-0.2, 0) is 11.3 Å². The zero-order valence-electron chi connectivity index (χ0n) is 18.5. The molecule has 4 aromatic rings. The van der Waals surface area contributed by atoms with Crippen LogP contribution in [0.3, 0.4) is 0 Å². The van der Waals surface area contributed by atoms with Crippen molar-refractivity contribution in [3.63, 3.8) is 0 Å². The highest BCUT2D eigenvalue weighted by Crippen LogP contribution is 2.30. The van der Waals surface area contributed by atoms with E-state index in [-0.39, 0.29) is 17.5 Å². The molecule has 1 N–H and O–H groups in total. The summed E-state index contributed by atoms with van der Waals surface area (Å²) in [6, 6.07) is 16.9. The van der Waals surface area contributed by atoms with Crippen molar-refractivity contribution in [3.8, 4) is 28.1 Å². The fraction of sp³-hybridized carbons (Fsp3) is 0.222. The second-order valence-corrected chi connectivity index (χ2v) is 8.35. The van der Waals surface area contributed by atoms with Crippen LogP contribution in [0, 0.1) is 17.5 Å². The molecule has 174 valence electrons. The molecule has 7 heteroatoms. The van der Waals surface area contributed by atoms with E-state index in [1.807, 2.05) is 0 Å². The van der Waals surface area contributed by atoms with Crippen molar-refractivity contribution in [1.29, 1.82) is 0 Å². The van der Waals surface area contributed by atoms with E-state index in [1.165, 1.54) is 12.1 Å². The summed E-state index contributed by atoms with van der Waals surface area (Å²) in [5.41, 5.74) is 3.34. The third-order valence-electron chi connectivity index (χ3n) is 6.04. The van der Waals surface area contributed by atoms with Crippen LogP contribution in [0.4, 0.5) is 13.2 Å². The Hall–Kier alpha value is -3.42. The van der Waals surface area contributed by atoms with E-state index in [9.17, 15) is 13.2 Å². The molecule has 1 aliphatic heterocycles. The summed E-state index contributed by atoms with van der Waals surface area (Å²) >= 11 is 0.